The molecular weight excluding hydrogens is 238 g/mol. The number of hydrogen-bond acceptors (Lipinski definition) is 2. The van der Waals surface area contributed by atoms with Gasteiger partial charge in [0.25, 0.3) is 0 Å². The van der Waals surface area contributed by atoms with Gasteiger partial charge in [-0.2, -0.15) is 0 Å². The van der Waals surface area contributed by atoms with Crippen molar-refractivity contribution in [1.29, 1.82) is 0 Å². The Bertz CT molecular complexity index is 439. The van der Waals surface area contributed by atoms with Crippen LogP contribution >= 0.6 is 23.4 Å². The second-order valence-corrected chi connectivity index (χ2v) is 4.88. The van der Waals surface area contributed by atoms with E-state index in [9.17, 15) is 0 Å². The lowest BCUT2D eigenvalue weighted by atomic mass is 10.2. The summed E-state index contributed by atoms with van der Waals surface area (Å²) in [4.78, 5) is 5.36. The zero-order valence-electron chi connectivity index (χ0n) is 8.98. The van der Waals surface area contributed by atoms with Gasteiger partial charge >= 0.3 is 0 Å². The highest BCUT2D eigenvalue weighted by Crippen LogP contribution is 2.27. The Balaban J connectivity index is 2.09. The SMILES string of the molecule is Cc1ccccc1SCc1cccnc1Cl. The lowest BCUT2D eigenvalue weighted by molar-refractivity contribution is 1.24. The molecule has 82 valence electrons. The Morgan fingerprint density at radius 1 is 1.19 bits per heavy atom. The van der Waals surface area contributed by atoms with Gasteiger partial charge in [-0.3, -0.25) is 0 Å². The summed E-state index contributed by atoms with van der Waals surface area (Å²) in [5, 5.41) is 0.601. The van der Waals surface area contributed by atoms with Crippen LogP contribution in [-0.4, -0.2) is 4.98 Å². The molecule has 1 aromatic carbocycles. The van der Waals surface area contributed by atoms with Gasteiger partial charge in [-0.15, -0.1) is 11.8 Å². The van der Waals surface area contributed by atoms with Gasteiger partial charge in [-0.05, 0) is 30.2 Å². The van der Waals surface area contributed by atoms with Gasteiger partial charge in [0, 0.05) is 16.8 Å². The number of pyridine rings is 1. The van der Waals surface area contributed by atoms with Gasteiger partial charge in [-0.1, -0.05) is 35.9 Å². The number of aryl methyl sites for hydroxylation is 1. The van der Waals surface area contributed by atoms with Crippen LogP contribution in [0.15, 0.2) is 47.5 Å². The highest BCUT2D eigenvalue weighted by atomic mass is 35.5. The first-order valence-corrected chi connectivity index (χ1v) is 6.41. The lowest BCUT2D eigenvalue weighted by Gasteiger charge is -2.05. The molecule has 0 saturated carbocycles. The van der Waals surface area contributed by atoms with E-state index in [-0.39, 0.29) is 0 Å². The predicted molar refractivity (Wildman–Crippen MR) is 70.0 cm³/mol. The maximum atomic E-state index is 6.01. The van der Waals surface area contributed by atoms with Crippen molar-refractivity contribution >= 4 is 23.4 Å². The minimum Gasteiger partial charge on any atom is -0.244 e. The van der Waals surface area contributed by atoms with Gasteiger partial charge in [0.15, 0.2) is 0 Å². The first-order valence-electron chi connectivity index (χ1n) is 5.05. The maximum Gasteiger partial charge on any atom is 0.133 e. The quantitative estimate of drug-likeness (QED) is 0.593. The van der Waals surface area contributed by atoms with Crippen molar-refractivity contribution in [2.75, 3.05) is 0 Å². The Kier molecular flexibility index (Phi) is 3.86. The molecule has 0 amide bonds. The van der Waals surface area contributed by atoms with E-state index >= 15 is 0 Å². The average Bonchev–Trinajstić information content (AvgIpc) is 2.30. The highest BCUT2D eigenvalue weighted by molar-refractivity contribution is 7.98. The summed E-state index contributed by atoms with van der Waals surface area (Å²) >= 11 is 7.80. The molecule has 0 unspecified atom stereocenters. The topological polar surface area (TPSA) is 12.9 Å². The van der Waals surface area contributed by atoms with Crippen LogP contribution in [-0.2, 0) is 5.75 Å². The van der Waals surface area contributed by atoms with Crippen LogP contribution < -0.4 is 0 Å². The van der Waals surface area contributed by atoms with Crippen LogP contribution in [0.1, 0.15) is 11.1 Å². The minimum absolute atomic E-state index is 0.601. The molecule has 0 saturated heterocycles. The molecule has 0 bridgehead atoms. The van der Waals surface area contributed by atoms with Crippen LogP contribution in [0.2, 0.25) is 5.15 Å². The van der Waals surface area contributed by atoms with E-state index in [4.69, 9.17) is 11.6 Å². The van der Waals surface area contributed by atoms with Gasteiger partial charge in [0.2, 0.25) is 0 Å². The van der Waals surface area contributed by atoms with Gasteiger partial charge in [0.1, 0.15) is 5.15 Å². The summed E-state index contributed by atoms with van der Waals surface area (Å²) in [5.41, 5.74) is 2.38. The van der Waals surface area contributed by atoms with Crippen LogP contribution in [0.4, 0.5) is 0 Å². The molecule has 3 heteroatoms. The standard InChI is InChI=1S/C13H12ClNS/c1-10-5-2-3-7-12(10)16-9-11-6-4-8-15-13(11)14/h2-8H,9H2,1H3. The molecule has 1 heterocycles. The summed E-state index contributed by atoms with van der Waals surface area (Å²) in [7, 11) is 0. The number of hydrogen-bond donors (Lipinski definition) is 0. The van der Waals surface area contributed by atoms with E-state index in [1.807, 2.05) is 12.1 Å². The molecule has 0 aliphatic rings. The van der Waals surface area contributed by atoms with Crippen molar-refractivity contribution < 1.29 is 0 Å². The van der Waals surface area contributed by atoms with Crippen LogP contribution in [0.5, 0.6) is 0 Å². The zero-order valence-corrected chi connectivity index (χ0v) is 10.6. The Morgan fingerprint density at radius 3 is 2.75 bits per heavy atom. The van der Waals surface area contributed by atoms with Crippen molar-refractivity contribution in [2.45, 2.75) is 17.6 Å². The summed E-state index contributed by atoms with van der Waals surface area (Å²) in [6.45, 7) is 2.12. The first kappa shape index (κ1) is 11.5. The molecule has 0 fully saturated rings. The Morgan fingerprint density at radius 2 is 2.00 bits per heavy atom. The second-order valence-electron chi connectivity index (χ2n) is 3.51. The number of rotatable bonds is 3. The van der Waals surface area contributed by atoms with Crippen molar-refractivity contribution in [3.63, 3.8) is 0 Å². The van der Waals surface area contributed by atoms with E-state index in [1.165, 1.54) is 10.5 Å². The summed E-state index contributed by atoms with van der Waals surface area (Å²) < 4.78 is 0. The summed E-state index contributed by atoms with van der Waals surface area (Å²) in [6, 6.07) is 12.3. The third-order valence-corrected chi connectivity index (χ3v) is 3.88. The van der Waals surface area contributed by atoms with Gasteiger partial charge < -0.3 is 0 Å². The molecule has 1 aromatic heterocycles. The van der Waals surface area contributed by atoms with E-state index in [0.717, 1.165) is 11.3 Å². The third-order valence-electron chi connectivity index (χ3n) is 2.31. The number of nitrogens with zero attached hydrogens (tertiary/aromatic N) is 1. The van der Waals surface area contributed by atoms with Crippen molar-refractivity contribution in [2.24, 2.45) is 0 Å². The smallest absolute Gasteiger partial charge is 0.133 e. The normalized spacial score (nSPS) is 10.4. The molecule has 0 N–H and O–H groups in total. The summed E-state index contributed by atoms with van der Waals surface area (Å²) in [6.07, 6.45) is 1.71. The fourth-order valence-electron chi connectivity index (χ4n) is 1.40. The Hall–Kier alpha value is -0.990. The monoisotopic (exact) mass is 249 g/mol. The predicted octanol–water partition coefficient (Wildman–Crippen LogP) is 4.34. The van der Waals surface area contributed by atoms with Crippen molar-refractivity contribution in [1.82, 2.24) is 4.98 Å². The number of halogens is 1. The van der Waals surface area contributed by atoms with Crippen LogP contribution in [0.25, 0.3) is 0 Å². The first-order chi connectivity index (χ1) is 7.77. The van der Waals surface area contributed by atoms with Crippen LogP contribution in [0, 0.1) is 6.92 Å². The van der Waals surface area contributed by atoms with E-state index in [0.29, 0.717) is 5.15 Å². The van der Waals surface area contributed by atoms with E-state index < -0.39 is 0 Å². The van der Waals surface area contributed by atoms with Gasteiger partial charge in [0.05, 0.1) is 0 Å². The molecule has 1 nitrogen and oxygen atoms in total. The van der Waals surface area contributed by atoms with Crippen molar-refractivity contribution in [3.05, 3.63) is 58.9 Å². The Labute approximate surface area is 105 Å². The number of benzene rings is 1. The van der Waals surface area contributed by atoms with E-state index in [2.05, 4.69) is 36.2 Å². The zero-order chi connectivity index (χ0) is 11.4. The van der Waals surface area contributed by atoms with Crippen molar-refractivity contribution in [3.8, 4) is 0 Å². The molecule has 16 heavy (non-hydrogen) atoms. The second kappa shape index (κ2) is 5.37. The lowest BCUT2D eigenvalue weighted by Crippen LogP contribution is -1.86. The van der Waals surface area contributed by atoms with E-state index in [1.54, 1.807) is 18.0 Å². The molecule has 0 spiro atoms. The van der Waals surface area contributed by atoms with Gasteiger partial charge in [-0.25, -0.2) is 4.98 Å². The highest BCUT2D eigenvalue weighted by Gasteiger charge is 2.02. The number of thioether (sulfide) groups is 1. The summed E-state index contributed by atoms with van der Waals surface area (Å²) in [5.74, 6) is 0.859. The minimum atomic E-state index is 0.601. The maximum absolute atomic E-state index is 6.01. The molecule has 0 aliphatic carbocycles. The average molecular weight is 250 g/mol. The molecular formula is C13H12ClNS. The molecule has 0 radical (unpaired) electrons. The fraction of sp³-hybridized carbons (Fsp3) is 0.154. The number of aromatic nitrogens is 1. The fourth-order valence-corrected chi connectivity index (χ4v) is 2.68. The molecule has 0 atom stereocenters. The molecule has 2 rings (SSSR count). The third kappa shape index (κ3) is 2.77. The van der Waals surface area contributed by atoms with Crippen LogP contribution in [0.3, 0.4) is 0 Å². The largest absolute Gasteiger partial charge is 0.244 e. The molecule has 0 aliphatic heterocycles. The molecule has 2 aromatic rings.